The van der Waals surface area contributed by atoms with Crippen LogP contribution in [0.15, 0.2) is 24.3 Å². The molecule has 0 heterocycles. The third-order valence-electron chi connectivity index (χ3n) is 3.74. The molecule has 0 radical (unpaired) electrons. The summed E-state index contributed by atoms with van der Waals surface area (Å²) in [4.78, 5) is 12.2. The normalized spacial score (nSPS) is 21.4. The number of carbonyl (C=O) groups excluding carboxylic acids is 1. The van der Waals surface area contributed by atoms with Gasteiger partial charge < -0.3 is 20.5 Å². The molecule has 1 aliphatic rings. The molecule has 21 heavy (non-hydrogen) atoms. The summed E-state index contributed by atoms with van der Waals surface area (Å²) in [6.07, 6.45) is 2.60. The van der Waals surface area contributed by atoms with Gasteiger partial charge in [0.2, 0.25) is 5.91 Å². The molecule has 0 bridgehead atoms. The van der Waals surface area contributed by atoms with Crippen molar-refractivity contribution in [1.29, 1.82) is 0 Å². The minimum atomic E-state index is 0.0432. The Kier molecular flexibility index (Phi) is 6.17. The van der Waals surface area contributed by atoms with Crippen LogP contribution in [0.25, 0.3) is 0 Å². The number of amides is 1. The quantitative estimate of drug-likeness (QED) is 0.753. The number of carbonyl (C=O) groups is 1. The second-order valence-corrected chi connectivity index (χ2v) is 5.51. The van der Waals surface area contributed by atoms with Gasteiger partial charge in [-0.1, -0.05) is 12.1 Å². The minimum Gasteiger partial charge on any atom is -0.382 e. The van der Waals surface area contributed by atoms with Gasteiger partial charge in [-0.05, 0) is 37.0 Å². The van der Waals surface area contributed by atoms with Crippen molar-refractivity contribution in [3.8, 4) is 0 Å². The van der Waals surface area contributed by atoms with Gasteiger partial charge in [-0.15, -0.1) is 0 Å². The monoisotopic (exact) mass is 292 g/mol. The third-order valence-corrected chi connectivity index (χ3v) is 3.74. The largest absolute Gasteiger partial charge is 0.382 e. The predicted molar refractivity (Wildman–Crippen MR) is 81.9 cm³/mol. The molecule has 0 saturated heterocycles. The van der Waals surface area contributed by atoms with Gasteiger partial charge in [0.25, 0.3) is 0 Å². The SMILES string of the molecule is COCCOCc1cccc(NC(=O)C2CCC(N)C2)c1. The maximum Gasteiger partial charge on any atom is 0.227 e. The average Bonchev–Trinajstić information content (AvgIpc) is 2.91. The van der Waals surface area contributed by atoms with Crippen molar-refractivity contribution < 1.29 is 14.3 Å². The summed E-state index contributed by atoms with van der Waals surface area (Å²) in [7, 11) is 1.65. The first-order valence-electron chi connectivity index (χ1n) is 7.41. The molecular formula is C16H24N2O3. The molecule has 2 unspecified atom stereocenters. The third kappa shape index (κ3) is 5.12. The Morgan fingerprint density at radius 2 is 2.24 bits per heavy atom. The minimum absolute atomic E-state index is 0.0432. The van der Waals surface area contributed by atoms with E-state index in [4.69, 9.17) is 15.2 Å². The standard InChI is InChI=1S/C16H24N2O3/c1-20-7-8-21-11-12-3-2-4-15(9-12)18-16(19)13-5-6-14(17)10-13/h2-4,9,13-14H,5-8,10-11,17H2,1H3,(H,18,19). The second kappa shape index (κ2) is 8.12. The molecule has 0 spiro atoms. The highest BCUT2D eigenvalue weighted by Crippen LogP contribution is 2.25. The summed E-state index contributed by atoms with van der Waals surface area (Å²) >= 11 is 0. The van der Waals surface area contributed by atoms with Crippen molar-refractivity contribution in [2.75, 3.05) is 25.6 Å². The molecule has 1 aliphatic carbocycles. The lowest BCUT2D eigenvalue weighted by molar-refractivity contribution is -0.119. The fourth-order valence-corrected chi connectivity index (χ4v) is 2.57. The Labute approximate surface area is 125 Å². The molecular weight excluding hydrogens is 268 g/mol. The molecule has 5 nitrogen and oxygen atoms in total. The van der Waals surface area contributed by atoms with Crippen molar-refractivity contribution in [2.45, 2.75) is 31.9 Å². The predicted octanol–water partition coefficient (Wildman–Crippen LogP) is 1.92. The number of ether oxygens (including phenoxy) is 2. The Morgan fingerprint density at radius 3 is 2.95 bits per heavy atom. The summed E-state index contributed by atoms with van der Waals surface area (Å²) in [6.45, 7) is 1.66. The van der Waals surface area contributed by atoms with E-state index in [0.717, 1.165) is 30.5 Å². The van der Waals surface area contributed by atoms with Crippen LogP contribution >= 0.6 is 0 Å². The van der Waals surface area contributed by atoms with E-state index in [0.29, 0.717) is 19.8 Å². The summed E-state index contributed by atoms with van der Waals surface area (Å²) in [6, 6.07) is 7.91. The highest BCUT2D eigenvalue weighted by molar-refractivity contribution is 5.92. The number of nitrogens with two attached hydrogens (primary N) is 1. The van der Waals surface area contributed by atoms with Gasteiger partial charge in [-0.2, -0.15) is 0 Å². The molecule has 1 amide bonds. The molecule has 1 saturated carbocycles. The number of methoxy groups -OCH3 is 1. The van der Waals surface area contributed by atoms with E-state index in [2.05, 4.69) is 5.32 Å². The Hall–Kier alpha value is -1.43. The van der Waals surface area contributed by atoms with Crippen LogP contribution in [0.4, 0.5) is 5.69 Å². The number of benzene rings is 1. The van der Waals surface area contributed by atoms with Crippen LogP contribution in [0.2, 0.25) is 0 Å². The maximum atomic E-state index is 12.2. The zero-order valence-corrected chi connectivity index (χ0v) is 12.5. The molecule has 5 heteroatoms. The van der Waals surface area contributed by atoms with E-state index in [-0.39, 0.29) is 17.9 Å². The van der Waals surface area contributed by atoms with Crippen LogP contribution in [0.5, 0.6) is 0 Å². The topological polar surface area (TPSA) is 73.6 Å². The Balaban J connectivity index is 1.84. The van der Waals surface area contributed by atoms with Crippen LogP contribution in [-0.4, -0.2) is 32.3 Å². The fourth-order valence-electron chi connectivity index (χ4n) is 2.57. The van der Waals surface area contributed by atoms with Crippen LogP contribution in [-0.2, 0) is 20.9 Å². The molecule has 1 fully saturated rings. The summed E-state index contributed by atoms with van der Waals surface area (Å²) in [5, 5.41) is 2.97. The van der Waals surface area contributed by atoms with Gasteiger partial charge in [0.15, 0.2) is 0 Å². The summed E-state index contributed by atoms with van der Waals surface area (Å²) in [5.74, 6) is 0.113. The Bertz CT molecular complexity index is 465. The average molecular weight is 292 g/mol. The van der Waals surface area contributed by atoms with E-state index in [1.165, 1.54) is 0 Å². The lowest BCUT2D eigenvalue weighted by atomic mass is 10.1. The Morgan fingerprint density at radius 1 is 1.38 bits per heavy atom. The van der Waals surface area contributed by atoms with Crippen LogP contribution in [0.3, 0.4) is 0 Å². The number of anilines is 1. The molecule has 2 atom stereocenters. The van der Waals surface area contributed by atoms with Gasteiger partial charge in [0, 0.05) is 24.8 Å². The van der Waals surface area contributed by atoms with Crippen LogP contribution in [0.1, 0.15) is 24.8 Å². The smallest absolute Gasteiger partial charge is 0.227 e. The number of nitrogens with one attached hydrogen (secondary N) is 1. The first-order chi connectivity index (χ1) is 10.2. The van der Waals surface area contributed by atoms with Gasteiger partial charge >= 0.3 is 0 Å². The van der Waals surface area contributed by atoms with Crippen LogP contribution in [0, 0.1) is 5.92 Å². The first kappa shape index (κ1) is 15.9. The van der Waals surface area contributed by atoms with E-state index < -0.39 is 0 Å². The van der Waals surface area contributed by atoms with E-state index in [1.807, 2.05) is 24.3 Å². The van der Waals surface area contributed by atoms with E-state index >= 15 is 0 Å². The highest BCUT2D eigenvalue weighted by Gasteiger charge is 2.27. The molecule has 1 aromatic carbocycles. The molecule has 1 aromatic rings. The van der Waals surface area contributed by atoms with Crippen molar-refractivity contribution in [2.24, 2.45) is 11.7 Å². The maximum absolute atomic E-state index is 12.2. The lowest BCUT2D eigenvalue weighted by Crippen LogP contribution is -2.23. The molecule has 0 aromatic heterocycles. The van der Waals surface area contributed by atoms with Crippen molar-refractivity contribution in [1.82, 2.24) is 0 Å². The number of rotatable bonds is 7. The van der Waals surface area contributed by atoms with Crippen molar-refractivity contribution >= 4 is 11.6 Å². The number of hydrogen-bond donors (Lipinski definition) is 2. The number of hydrogen-bond acceptors (Lipinski definition) is 4. The van der Waals surface area contributed by atoms with Crippen molar-refractivity contribution in [3.63, 3.8) is 0 Å². The lowest BCUT2D eigenvalue weighted by Gasteiger charge is -2.12. The van der Waals surface area contributed by atoms with E-state index in [9.17, 15) is 4.79 Å². The van der Waals surface area contributed by atoms with Gasteiger partial charge in [-0.25, -0.2) is 0 Å². The fraction of sp³-hybridized carbons (Fsp3) is 0.562. The molecule has 3 N–H and O–H groups in total. The summed E-state index contributed by atoms with van der Waals surface area (Å²) < 4.78 is 10.4. The molecule has 0 aliphatic heterocycles. The van der Waals surface area contributed by atoms with Crippen molar-refractivity contribution in [3.05, 3.63) is 29.8 Å². The molecule has 116 valence electrons. The first-order valence-corrected chi connectivity index (χ1v) is 7.41. The van der Waals surface area contributed by atoms with Gasteiger partial charge in [0.05, 0.1) is 19.8 Å². The van der Waals surface area contributed by atoms with Crippen LogP contribution < -0.4 is 11.1 Å². The van der Waals surface area contributed by atoms with Gasteiger partial charge in [0.1, 0.15) is 0 Å². The van der Waals surface area contributed by atoms with Gasteiger partial charge in [-0.3, -0.25) is 4.79 Å². The zero-order chi connectivity index (χ0) is 15.1. The highest BCUT2D eigenvalue weighted by atomic mass is 16.5. The summed E-state index contributed by atoms with van der Waals surface area (Å²) in [5.41, 5.74) is 7.70. The second-order valence-electron chi connectivity index (χ2n) is 5.51. The molecule has 2 rings (SSSR count). The zero-order valence-electron chi connectivity index (χ0n) is 12.5. The van der Waals surface area contributed by atoms with E-state index in [1.54, 1.807) is 7.11 Å².